The summed E-state index contributed by atoms with van der Waals surface area (Å²) in [5, 5.41) is 9.34. The Balaban J connectivity index is 3.15. The number of aryl methyl sites for hydroxylation is 1. The van der Waals surface area contributed by atoms with Crippen LogP contribution in [0, 0.1) is 6.92 Å². The van der Waals surface area contributed by atoms with Crippen molar-refractivity contribution in [2.24, 2.45) is 0 Å². The van der Waals surface area contributed by atoms with Gasteiger partial charge in [0.1, 0.15) is 0 Å². The molecule has 1 aromatic rings. The van der Waals surface area contributed by atoms with Gasteiger partial charge in [0.05, 0.1) is 0 Å². The Bertz CT molecular complexity index is 374. The maximum Gasteiger partial charge on any atom is 0.328 e. The topological polar surface area (TPSA) is 37.3 Å². The Labute approximate surface area is 91.8 Å². The molecule has 0 fully saturated rings. The second kappa shape index (κ2) is 4.49. The molecule has 1 rings (SSSR count). The van der Waals surface area contributed by atoms with Crippen molar-refractivity contribution in [2.75, 3.05) is 0 Å². The number of hydrogen-bond donors (Lipinski definition) is 1. The van der Waals surface area contributed by atoms with Gasteiger partial charge >= 0.3 is 5.97 Å². The first-order valence-electron chi connectivity index (χ1n) is 3.87. The molecule has 0 saturated heterocycles. The highest BCUT2D eigenvalue weighted by atomic mass is 35.5. The van der Waals surface area contributed by atoms with Gasteiger partial charge in [-0.05, 0) is 30.7 Å². The van der Waals surface area contributed by atoms with Crippen molar-refractivity contribution in [3.05, 3.63) is 39.4 Å². The van der Waals surface area contributed by atoms with E-state index in [1.54, 1.807) is 12.1 Å². The molecular formula is C10H8Cl2O2. The summed E-state index contributed by atoms with van der Waals surface area (Å²) in [5.74, 6) is -1.03. The molecule has 14 heavy (non-hydrogen) atoms. The van der Waals surface area contributed by atoms with Gasteiger partial charge < -0.3 is 5.11 Å². The number of rotatable bonds is 2. The van der Waals surface area contributed by atoms with E-state index in [9.17, 15) is 4.79 Å². The Morgan fingerprint density at radius 2 is 1.86 bits per heavy atom. The van der Waals surface area contributed by atoms with Crippen LogP contribution in [0.2, 0.25) is 10.0 Å². The van der Waals surface area contributed by atoms with Crippen LogP contribution >= 0.6 is 23.2 Å². The largest absolute Gasteiger partial charge is 0.478 e. The smallest absolute Gasteiger partial charge is 0.328 e. The van der Waals surface area contributed by atoms with Crippen LogP contribution in [-0.4, -0.2) is 11.1 Å². The van der Waals surface area contributed by atoms with Crippen molar-refractivity contribution in [1.29, 1.82) is 0 Å². The van der Waals surface area contributed by atoms with Crippen molar-refractivity contribution in [2.45, 2.75) is 6.92 Å². The molecule has 0 aliphatic rings. The zero-order valence-electron chi connectivity index (χ0n) is 7.42. The molecule has 0 spiro atoms. The summed E-state index contributed by atoms with van der Waals surface area (Å²) in [6.45, 7) is 1.86. The van der Waals surface area contributed by atoms with Crippen LogP contribution in [0.1, 0.15) is 11.1 Å². The number of benzene rings is 1. The van der Waals surface area contributed by atoms with E-state index in [4.69, 9.17) is 28.3 Å². The van der Waals surface area contributed by atoms with Gasteiger partial charge in [-0.2, -0.15) is 0 Å². The van der Waals surface area contributed by atoms with E-state index in [0.717, 1.165) is 11.6 Å². The van der Waals surface area contributed by atoms with Crippen LogP contribution in [0.4, 0.5) is 0 Å². The predicted molar refractivity (Wildman–Crippen MR) is 57.9 cm³/mol. The van der Waals surface area contributed by atoms with Gasteiger partial charge in [-0.3, -0.25) is 0 Å². The van der Waals surface area contributed by atoms with Gasteiger partial charge in [0.15, 0.2) is 0 Å². The van der Waals surface area contributed by atoms with Crippen LogP contribution in [0.5, 0.6) is 0 Å². The quantitative estimate of drug-likeness (QED) is 0.792. The molecule has 74 valence electrons. The number of carboxylic acid groups (broad SMARTS) is 1. The van der Waals surface area contributed by atoms with E-state index < -0.39 is 5.97 Å². The van der Waals surface area contributed by atoms with E-state index in [2.05, 4.69) is 0 Å². The van der Waals surface area contributed by atoms with Crippen molar-refractivity contribution in [3.63, 3.8) is 0 Å². The lowest BCUT2D eigenvalue weighted by molar-refractivity contribution is -0.131. The molecule has 0 unspecified atom stereocenters. The average molecular weight is 231 g/mol. The van der Waals surface area contributed by atoms with E-state index in [0.29, 0.717) is 15.6 Å². The minimum atomic E-state index is -1.03. The molecule has 1 aromatic carbocycles. The third-order valence-corrected chi connectivity index (χ3v) is 2.24. The molecule has 0 saturated carbocycles. The summed E-state index contributed by atoms with van der Waals surface area (Å²) in [5.41, 5.74) is 1.47. The molecule has 0 atom stereocenters. The number of halogens is 2. The Morgan fingerprint density at radius 3 is 2.29 bits per heavy atom. The lowest BCUT2D eigenvalue weighted by Crippen LogP contribution is -1.87. The zero-order chi connectivity index (χ0) is 10.7. The minimum Gasteiger partial charge on any atom is -0.478 e. The van der Waals surface area contributed by atoms with Gasteiger partial charge in [-0.15, -0.1) is 0 Å². The first kappa shape index (κ1) is 11.1. The highest BCUT2D eigenvalue weighted by Crippen LogP contribution is 2.27. The van der Waals surface area contributed by atoms with Gasteiger partial charge in [0, 0.05) is 21.7 Å². The fraction of sp³-hybridized carbons (Fsp3) is 0.100. The molecule has 0 radical (unpaired) electrons. The molecule has 2 nitrogen and oxygen atoms in total. The summed E-state index contributed by atoms with van der Waals surface area (Å²) in [7, 11) is 0. The number of carboxylic acids is 1. The molecule has 4 heteroatoms. The molecule has 0 bridgehead atoms. The summed E-state index contributed by atoms with van der Waals surface area (Å²) in [6.07, 6.45) is 2.38. The Kier molecular flexibility index (Phi) is 3.55. The summed E-state index contributed by atoms with van der Waals surface area (Å²) in [4.78, 5) is 10.3. The molecule has 0 amide bonds. The number of hydrogen-bond acceptors (Lipinski definition) is 1. The maximum absolute atomic E-state index is 10.3. The van der Waals surface area contributed by atoms with Gasteiger partial charge in [0.2, 0.25) is 0 Å². The maximum atomic E-state index is 10.3. The third-order valence-electron chi connectivity index (χ3n) is 1.62. The van der Waals surface area contributed by atoms with Crippen LogP contribution in [0.25, 0.3) is 6.08 Å². The van der Waals surface area contributed by atoms with E-state index in [1.165, 1.54) is 6.08 Å². The van der Waals surface area contributed by atoms with Crippen LogP contribution in [0.3, 0.4) is 0 Å². The fourth-order valence-corrected chi connectivity index (χ4v) is 1.75. The van der Waals surface area contributed by atoms with Gasteiger partial charge in [0.25, 0.3) is 0 Å². The monoisotopic (exact) mass is 230 g/mol. The SMILES string of the molecule is Cc1cc(Cl)c(/C=C/C(=O)O)c(Cl)c1. The first-order valence-corrected chi connectivity index (χ1v) is 4.63. The average Bonchev–Trinajstić information content (AvgIpc) is 2.01. The molecule has 0 aliphatic carbocycles. The van der Waals surface area contributed by atoms with Crippen LogP contribution < -0.4 is 0 Å². The Hall–Kier alpha value is -0.990. The molecule has 0 heterocycles. The first-order chi connectivity index (χ1) is 6.50. The summed E-state index contributed by atoms with van der Waals surface area (Å²) < 4.78 is 0. The van der Waals surface area contributed by atoms with Gasteiger partial charge in [-0.1, -0.05) is 23.2 Å². The molecule has 0 aromatic heterocycles. The summed E-state index contributed by atoms with van der Waals surface area (Å²) in [6, 6.07) is 3.46. The van der Waals surface area contributed by atoms with Crippen LogP contribution in [-0.2, 0) is 4.79 Å². The normalized spacial score (nSPS) is 10.8. The fourth-order valence-electron chi connectivity index (χ4n) is 1.02. The number of aliphatic carboxylic acids is 1. The molecular weight excluding hydrogens is 223 g/mol. The molecule has 1 N–H and O–H groups in total. The predicted octanol–water partition coefficient (Wildman–Crippen LogP) is 3.40. The second-order valence-corrected chi connectivity index (χ2v) is 3.63. The highest BCUT2D eigenvalue weighted by Gasteiger charge is 2.03. The van der Waals surface area contributed by atoms with Crippen LogP contribution in [0.15, 0.2) is 18.2 Å². The lowest BCUT2D eigenvalue weighted by Gasteiger charge is -2.02. The van der Waals surface area contributed by atoms with Crippen molar-refractivity contribution < 1.29 is 9.90 Å². The second-order valence-electron chi connectivity index (χ2n) is 2.81. The van der Waals surface area contributed by atoms with E-state index >= 15 is 0 Å². The van der Waals surface area contributed by atoms with Crippen molar-refractivity contribution >= 4 is 35.2 Å². The lowest BCUT2D eigenvalue weighted by atomic mass is 10.1. The summed E-state index contributed by atoms with van der Waals surface area (Å²) >= 11 is 11.8. The highest BCUT2D eigenvalue weighted by molar-refractivity contribution is 6.37. The van der Waals surface area contributed by atoms with E-state index in [-0.39, 0.29) is 0 Å². The molecule has 0 aliphatic heterocycles. The van der Waals surface area contributed by atoms with Gasteiger partial charge in [-0.25, -0.2) is 4.79 Å². The number of carbonyl (C=O) groups is 1. The van der Waals surface area contributed by atoms with Crippen molar-refractivity contribution in [3.8, 4) is 0 Å². The van der Waals surface area contributed by atoms with E-state index in [1.807, 2.05) is 6.92 Å². The standard InChI is InChI=1S/C10H8Cl2O2/c1-6-4-8(11)7(9(12)5-6)2-3-10(13)14/h2-5H,1H3,(H,13,14)/b3-2+. The zero-order valence-corrected chi connectivity index (χ0v) is 8.93. The third kappa shape index (κ3) is 2.76. The van der Waals surface area contributed by atoms with Crippen molar-refractivity contribution in [1.82, 2.24) is 0 Å². The Morgan fingerprint density at radius 1 is 1.36 bits per heavy atom. The minimum absolute atomic E-state index is 0.451.